The summed E-state index contributed by atoms with van der Waals surface area (Å²) >= 11 is 0. The number of nitrogen functional groups attached to an aromatic ring is 1. The lowest BCUT2D eigenvalue weighted by Crippen LogP contribution is -2.40. The van der Waals surface area contributed by atoms with Crippen LogP contribution in [0.1, 0.15) is 32.3 Å². The maximum atomic E-state index is 12.5. The number of esters is 2. The number of imidazole rings is 1. The number of aryl methyl sites for hydroxylation is 1. The second-order valence-corrected chi connectivity index (χ2v) is 8.31. The number of carbonyl (C=O) groups excluding carboxylic acids is 3. The smallest absolute Gasteiger partial charge is 0.408 e. The number of nitrogens with zero attached hydrogens (tertiary/aromatic N) is 3. The standard InChI is InChI=1S/C24H30N6O7/c1-3-18(31)35-12-17(9-10-30-14-26-19-20(30)28-23(25)29-21(19)32)13-36-22(33)15(2)27-24(34)37-11-16-7-5-4-6-8-16/h4-8,14-15,17H,3,9-13H2,1-2H3,(H,27,34)(H3,25,28,29,32)/t15-,17?/m0/s1. The van der Waals surface area contributed by atoms with Crippen LogP contribution in [0.5, 0.6) is 0 Å². The average molecular weight is 515 g/mol. The molecule has 0 aliphatic rings. The molecular weight excluding hydrogens is 484 g/mol. The second-order valence-electron chi connectivity index (χ2n) is 8.31. The Morgan fingerprint density at radius 1 is 1.14 bits per heavy atom. The van der Waals surface area contributed by atoms with E-state index < -0.39 is 23.7 Å². The number of aromatic nitrogens is 4. The first kappa shape index (κ1) is 27.2. The number of nitrogens with two attached hydrogens (primary N) is 1. The number of anilines is 1. The largest absolute Gasteiger partial charge is 0.465 e. The van der Waals surface area contributed by atoms with Crippen molar-refractivity contribution >= 4 is 35.1 Å². The Morgan fingerprint density at radius 2 is 1.86 bits per heavy atom. The van der Waals surface area contributed by atoms with Crippen molar-refractivity contribution in [3.05, 3.63) is 52.6 Å². The number of ether oxygens (including phenoxy) is 3. The third kappa shape index (κ3) is 8.05. The van der Waals surface area contributed by atoms with Gasteiger partial charge in [-0.05, 0) is 18.9 Å². The highest BCUT2D eigenvalue weighted by molar-refractivity contribution is 5.80. The molecule has 0 spiro atoms. The minimum absolute atomic E-state index is 0.0175. The second kappa shape index (κ2) is 13.0. The molecule has 1 amide bonds. The summed E-state index contributed by atoms with van der Waals surface area (Å²) in [5.41, 5.74) is 6.46. The lowest BCUT2D eigenvalue weighted by atomic mass is 10.1. The Bertz CT molecular complexity index is 1270. The summed E-state index contributed by atoms with van der Waals surface area (Å²) in [5.74, 6) is -1.46. The van der Waals surface area contributed by atoms with Gasteiger partial charge in [-0.1, -0.05) is 37.3 Å². The van der Waals surface area contributed by atoms with E-state index in [1.54, 1.807) is 11.5 Å². The third-order valence-corrected chi connectivity index (χ3v) is 5.40. The molecule has 0 saturated carbocycles. The topological polar surface area (TPSA) is 181 Å². The van der Waals surface area contributed by atoms with Gasteiger partial charge in [0.2, 0.25) is 5.95 Å². The number of hydrogen-bond acceptors (Lipinski definition) is 10. The van der Waals surface area contributed by atoms with Crippen molar-refractivity contribution in [3.8, 4) is 0 Å². The monoisotopic (exact) mass is 514 g/mol. The zero-order valence-electron chi connectivity index (χ0n) is 20.6. The fourth-order valence-corrected chi connectivity index (χ4v) is 3.31. The van der Waals surface area contributed by atoms with Crippen LogP contribution in [0, 0.1) is 5.92 Å². The van der Waals surface area contributed by atoms with Gasteiger partial charge in [0, 0.05) is 18.9 Å². The van der Waals surface area contributed by atoms with Crippen molar-refractivity contribution in [3.63, 3.8) is 0 Å². The van der Waals surface area contributed by atoms with Gasteiger partial charge in [0.1, 0.15) is 12.6 Å². The molecule has 3 aromatic rings. The van der Waals surface area contributed by atoms with E-state index in [1.165, 1.54) is 13.3 Å². The lowest BCUT2D eigenvalue weighted by molar-refractivity contribution is -0.150. The Balaban J connectivity index is 1.53. The van der Waals surface area contributed by atoms with Gasteiger partial charge in [-0.15, -0.1) is 0 Å². The number of hydrogen-bond donors (Lipinski definition) is 3. The Kier molecular flexibility index (Phi) is 9.58. The first-order valence-electron chi connectivity index (χ1n) is 11.8. The molecule has 0 radical (unpaired) electrons. The fraction of sp³-hybridized carbons (Fsp3) is 0.417. The van der Waals surface area contributed by atoms with Gasteiger partial charge < -0.3 is 29.8 Å². The summed E-state index contributed by atoms with van der Waals surface area (Å²) in [6, 6.07) is 8.16. The zero-order valence-corrected chi connectivity index (χ0v) is 20.6. The molecule has 198 valence electrons. The van der Waals surface area contributed by atoms with Gasteiger partial charge in [0.05, 0.1) is 19.5 Å². The Morgan fingerprint density at radius 3 is 2.59 bits per heavy atom. The molecule has 0 saturated heterocycles. The van der Waals surface area contributed by atoms with E-state index in [-0.39, 0.29) is 49.6 Å². The number of aromatic amines is 1. The van der Waals surface area contributed by atoms with Crippen LogP contribution in [0.15, 0.2) is 41.5 Å². The highest BCUT2D eigenvalue weighted by Gasteiger charge is 2.21. The first-order valence-corrected chi connectivity index (χ1v) is 11.8. The molecule has 1 unspecified atom stereocenters. The zero-order chi connectivity index (χ0) is 26.8. The summed E-state index contributed by atoms with van der Waals surface area (Å²) in [6.07, 6.45) is 1.32. The molecule has 13 heteroatoms. The van der Waals surface area contributed by atoms with E-state index in [0.717, 1.165) is 5.56 Å². The van der Waals surface area contributed by atoms with Crippen molar-refractivity contribution < 1.29 is 28.6 Å². The van der Waals surface area contributed by atoms with Crippen molar-refractivity contribution in [1.82, 2.24) is 24.8 Å². The predicted molar refractivity (Wildman–Crippen MR) is 132 cm³/mol. The van der Waals surface area contributed by atoms with Crippen molar-refractivity contribution in [1.29, 1.82) is 0 Å². The molecule has 0 aliphatic carbocycles. The summed E-state index contributed by atoms with van der Waals surface area (Å²) < 4.78 is 17.4. The molecule has 2 heterocycles. The molecule has 4 N–H and O–H groups in total. The first-order chi connectivity index (χ1) is 17.8. The molecule has 3 rings (SSSR count). The molecule has 0 aliphatic heterocycles. The summed E-state index contributed by atoms with van der Waals surface area (Å²) in [7, 11) is 0. The van der Waals surface area contributed by atoms with Crippen LogP contribution in [0.25, 0.3) is 11.2 Å². The summed E-state index contributed by atoms with van der Waals surface area (Å²) in [6.45, 7) is 3.51. The Hall–Kier alpha value is -4.42. The number of rotatable bonds is 12. The van der Waals surface area contributed by atoms with Gasteiger partial charge in [0.15, 0.2) is 11.2 Å². The van der Waals surface area contributed by atoms with Crippen molar-refractivity contribution in [2.24, 2.45) is 5.92 Å². The average Bonchev–Trinajstić information content (AvgIpc) is 3.30. The van der Waals surface area contributed by atoms with Crippen LogP contribution in [0.4, 0.5) is 10.7 Å². The van der Waals surface area contributed by atoms with E-state index in [2.05, 4.69) is 20.3 Å². The highest BCUT2D eigenvalue weighted by atomic mass is 16.6. The number of fused-ring (bicyclic) bond motifs is 1. The van der Waals surface area contributed by atoms with E-state index in [1.807, 2.05) is 30.3 Å². The van der Waals surface area contributed by atoms with Crippen molar-refractivity contribution in [2.75, 3.05) is 18.9 Å². The molecular formula is C24H30N6O7. The normalized spacial score (nSPS) is 12.5. The van der Waals surface area contributed by atoms with E-state index >= 15 is 0 Å². The number of carbonyl (C=O) groups is 3. The summed E-state index contributed by atoms with van der Waals surface area (Å²) in [4.78, 5) is 58.7. The van der Waals surface area contributed by atoms with Gasteiger partial charge in [-0.2, -0.15) is 4.98 Å². The number of nitrogens with one attached hydrogen (secondary N) is 2. The molecule has 2 atom stereocenters. The van der Waals surface area contributed by atoms with Gasteiger partial charge in [-0.3, -0.25) is 14.6 Å². The van der Waals surface area contributed by atoms with E-state index in [9.17, 15) is 19.2 Å². The van der Waals surface area contributed by atoms with E-state index in [4.69, 9.17) is 19.9 Å². The van der Waals surface area contributed by atoms with Crippen LogP contribution in [0.2, 0.25) is 0 Å². The minimum Gasteiger partial charge on any atom is -0.465 e. The number of H-pyrrole nitrogens is 1. The maximum Gasteiger partial charge on any atom is 0.408 e. The van der Waals surface area contributed by atoms with Gasteiger partial charge in [0.25, 0.3) is 5.56 Å². The molecule has 37 heavy (non-hydrogen) atoms. The van der Waals surface area contributed by atoms with Gasteiger partial charge in [-0.25, -0.2) is 14.6 Å². The maximum absolute atomic E-state index is 12.5. The highest BCUT2D eigenvalue weighted by Crippen LogP contribution is 2.13. The van der Waals surface area contributed by atoms with Crippen molar-refractivity contribution in [2.45, 2.75) is 45.9 Å². The third-order valence-electron chi connectivity index (χ3n) is 5.40. The lowest BCUT2D eigenvalue weighted by Gasteiger charge is -2.19. The Labute approximate surface area is 212 Å². The summed E-state index contributed by atoms with van der Waals surface area (Å²) in [5, 5.41) is 2.43. The van der Waals surface area contributed by atoms with Crippen LogP contribution in [-0.4, -0.2) is 56.8 Å². The van der Waals surface area contributed by atoms with Crippen LogP contribution in [0.3, 0.4) is 0 Å². The SMILES string of the molecule is CCC(=O)OCC(CCn1cnc2c(=O)[nH]c(N)nc21)COC(=O)[C@H](C)NC(=O)OCc1ccccc1. The number of benzene rings is 1. The molecule has 0 bridgehead atoms. The predicted octanol–water partition coefficient (Wildman–Crippen LogP) is 1.52. The molecule has 2 aromatic heterocycles. The van der Waals surface area contributed by atoms with Crippen LogP contribution < -0.4 is 16.6 Å². The van der Waals surface area contributed by atoms with Crippen LogP contribution >= 0.6 is 0 Å². The quantitative estimate of drug-likeness (QED) is 0.237. The number of amides is 1. The van der Waals surface area contributed by atoms with E-state index in [0.29, 0.717) is 18.6 Å². The molecule has 1 aromatic carbocycles. The van der Waals surface area contributed by atoms with Crippen LogP contribution in [-0.2, 0) is 37.0 Å². The molecule has 13 nitrogen and oxygen atoms in total. The van der Waals surface area contributed by atoms with Gasteiger partial charge >= 0.3 is 18.0 Å². The number of alkyl carbamates (subject to hydrolysis) is 1. The minimum atomic E-state index is -0.960. The fourth-order valence-electron chi connectivity index (χ4n) is 3.31. The molecule has 0 fully saturated rings.